The number of aromatic amines is 1. The molecule has 1 aromatic carbocycles. The third kappa shape index (κ3) is 2.21. The number of hydrogen-bond acceptors (Lipinski definition) is 2. The molecule has 1 heterocycles. The minimum Gasteiger partial charge on any atom is -0.342 e. The summed E-state index contributed by atoms with van der Waals surface area (Å²) >= 11 is 12.3. The van der Waals surface area contributed by atoms with Gasteiger partial charge in [-0.1, -0.05) is 42.0 Å². The molecular formula is C11H10Br2N2S. The number of aromatic nitrogens is 2. The average Bonchev–Trinajstić information content (AvgIpc) is 2.19. The molecule has 2 nitrogen and oxygen atoms in total. The van der Waals surface area contributed by atoms with Gasteiger partial charge in [0, 0.05) is 20.2 Å². The number of rotatable bonds is 1. The van der Waals surface area contributed by atoms with Crippen molar-refractivity contribution in [1.29, 1.82) is 0 Å². The van der Waals surface area contributed by atoms with E-state index in [1.165, 1.54) is 0 Å². The Morgan fingerprint density at radius 2 is 2.00 bits per heavy atom. The van der Waals surface area contributed by atoms with Crippen LogP contribution in [0.5, 0.6) is 0 Å². The number of benzene rings is 1. The lowest BCUT2D eigenvalue weighted by Gasteiger charge is -2.08. The van der Waals surface area contributed by atoms with Crippen molar-refractivity contribution in [2.45, 2.75) is 19.8 Å². The van der Waals surface area contributed by atoms with Crippen LogP contribution in [0.1, 0.15) is 25.6 Å². The zero-order valence-corrected chi connectivity index (χ0v) is 12.8. The van der Waals surface area contributed by atoms with E-state index in [-0.39, 0.29) is 0 Å². The minimum absolute atomic E-state index is 0.335. The Hall–Kier alpha value is -0.260. The average molecular weight is 362 g/mol. The second kappa shape index (κ2) is 4.55. The third-order valence-electron chi connectivity index (χ3n) is 2.31. The molecule has 0 saturated heterocycles. The number of nitrogens with one attached hydrogen (secondary N) is 1. The summed E-state index contributed by atoms with van der Waals surface area (Å²) in [6, 6.07) is 3.98. The quantitative estimate of drug-likeness (QED) is 0.728. The van der Waals surface area contributed by atoms with Crippen molar-refractivity contribution in [3.8, 4) is 0 Å². The Morgan fingerprint density at radius 3 is 2.62 bits per heavy atom. The zero-order chi connectivity index (χ0) is 11.9. The van der Waals surface area contributed by atoms with Gasteiger partial charge >= 0.3 is 0 Å². The summed E-state index contributed by atoms with van der Waals surface area (Å²) in [7, 11) is 0. The van der Waals surface area contributed by atoms with Crippen molar-refractivity contribution < 1.29 is 0 Å². The van der Waals surface area contributed by atoms with E-state index >= 15 is 0 Å². The van der Waals surface area contributed by atoms with E-state index in [1.54, 1.807) is 0 Å². The number of halogens is 2. The van der Waals surface area contributed by atoms with Crippen LogP contribution < -0.4 is 0 Å². The normalized spacial score (nSPS) is 11.3. The van der Waals surface area contributed by atoms with E-state index in [1.807, 2.05) is 12.1 Å². The minimum atomic E-state index is 0.335. The Morgan fingerprint density at radius 1 is 1.31 bits per heavy atom. The maximum absolute atomic E-state index is 5.31. The van der Waals surface area contributed by atoms with Gasteiger partial charge in [0.1, 0.15) is 10.5 Å². The highest BCUT2D eigenvalue weighted by Gasteiger charge is 2.08. The van der Waals surface area contributed by atoms with Crippen molar-refractivity contribution >= 4 is 55.0 Å². The first-order chi connectivity index (χ1) is 7.49. The molecule has 0 aliphatic carbocycles. The number of fused-ring (bicyclic) bond motifs is 1. The van der Waals surface area contributed by atoms with Gasteiger partial charge in [0.15, 0.2) is 0 Å². The van der Waals surface area contributed by atoms with E-state index < -0.39 is 0 Å². The Balaban J connectivity index is 2.87. The summed E-state index contributed by atoms with van der Waals surface area (Å²) in [4.78, 5) is 7.72. The molecule has 16 heavy (non-hydrogen) atoms. The number of hydrogen-bond donors (Lipinski definition) is 1. The molecule has 5 heteroatoms. The lowest BCUT2D eigenvalue weighted by Crippen LogP contribution is -1.98. The predicted octanol–water partition coefficient (Wildman–Crippen LogP) is 4.94. The van der Waals surface area contributed by atoms with Crippen LogP contribution in [0.2, 0.25) is 0 Å². The summed E-state index contributed by atoms with van der Waals surface area (Å²) in [6.07, 6.45) is 0. The summed E-state index contributed by atoms with van der Waals surface area (Å²) in [5.74, 6) is 1.25. The lowest BCUT2D eigenvalue weighted by molar-refractivity contribution is 0.780. The summed E-state index contributed by atoms with van der Waals surface area (Å²) in [5, 5.41) is 0.959. The fraction of sp³-hybridized carbons (Fsp3) is 0.273. The zero-order valence-electron chi connectivity index (χ0n) is 8.84. The fourth-order valence-corrected chi connectivity index (χ4v) is 3.05. The van der Waals surface area contributed by atoms with Gasteiger partial charge in [-0.3, -0.25) is 0 Å². The van der Waals surface area contributed by atoms with E-state index in [4.69, 9.17) is 12.2 Å². The monoisotopic (exact) mass is 360 g/mol. The molecule has 0 fully saturated rings. The van der Waals surface area contributed by atoms with E-state index in [0.717, 1.165) is 25.7 Å². The molecular weight excluding hydrogens is 352 g/mol. The van der Waals surface area contributed by atoms with Gasteiger partial charge in [-0.25, -0.2) is 4.98 Å². The molecule has 0 unspecified atom stereocenters. The molecule has 0 saturated carbocycles. The van der Waals surface area contributed by atoms with E-state index in [2.05, 4.69) is 55.7 Å². The second-order valence-corrected chi connectivity index (χ2v) is 6.05. The lowest BCUT2D eigenvalue weighted by atomic mass is 10.2. The van der Waals surface area contributed by atoms with Crippen LogP contribution in [0.4, 0.5) is 0 Å². The van der Waals surface area contributed by atoms with Crippen molar-refractivity contribution in [3.05, 3.63) is 31.5 Å². The van der Waals surface area contributed by atoms with Gasteiger partial charge in [0.25, 0.3) is 0 Å². The van der Waals surface area contributed by atoms with Gasteiger partial charge in [-0.2, -0.15) is 0 Å². The number of nitrogens with zero attached hydrogens (tertiary/aromatic N) is 1. The van der Waals surface area contributed by atoms with Gasteiger partial charge in [0.2, 0.25) is 0 Å². The standard InChI is InChI=1S/C11H10Br2N2S/c1-5(2)10-14-9-7(11(16)15-10)3-6(12)4-8(9)13/h3-5H,1-2H3,(H,14,15,16). The highest BCUT2D eigenvalue weighted by Crippen LogP contribution is 2.28. The maximum Gasteiger partial charge on any atom is 0.137 e. The van der Waals surface area contributed by atoms with Crippen LogP contribution in [0.3, 0.4) is 0 Å². The first kappa shape index (κ1) is 12.2. The molecule has 0 bridgehead atoms. The molecule has 84 valence electrons. The molecule has 0 radical (unpaired) electrons. The highest BCUT2D eigenvalue weighted by molar-refractivity contribution is 9.11. The predicted molar refractivity (Wildman–Crippen MR) is 76.4 cm³/mol. The maximum atomic E-state index is 5.31. The topological polar surface area (TPSA) is 28.7 Å². The van der Waals surface area contributed by atoms with Crippen molar-refractivity contribution in [2.24, 2.45) is 0 Å². The smallest absolute Gasteiger partial charge is 0.137 e. The number of H-pyrrole nitrogens is 1. The van der Waals surface area contributed by atoms with E-state index in [9.17, 15) is 0 Å². The molecule has 2 rings (SSSR count). The molecule has 1 aromatic heterocycles. The van der Waals surface area contributed by atoms with Crippen molar-refractivity contribution in [2.75, 3.05) is 0 Å². The summed E-state index contributed by atoms with van der Waals surface area (Å²) in [6.45, 7) is 4.18. The second-order valence-electron chi connectivity index (χ2n) is 3.89. The summed E-state index contributed by atoms with van der Waals surface area (Å²) in [5.41, 5.74) is 1.01. The molecule has 2 aromatic rings. The Bertz CT molecular complexity index is 605. The van der Waals surface area contributed by atoms with E-state index in [0.29, 0.717) is 10.6 Å². The van der Waals surface area contributed by atoms with Crippen molar-refractivity contribution in [3.63, 3.8) is 0 Å². The highest BCUT2D eigenvalue weighted by atomic mass is 79.9. The van der Waals surface area contributed by atoms with Gasteiger partial charge in [-0.05, 0) is 28.1 Å². The summed E-state index contributed by atoms with van der Waals surface area (Å²) < 4.78 is 2.62. The molecule has 0 aliphatic heterocycles. The van der Waals surface area contributed by atoms with Gasteiger partial charge < -0.3 is 4.98 Å². The van der Waals surface area contributed by atoms with Crippen LogP contribution in [0.15, 0.2) is 21.1 Å². The van der Waals surface area contributed by atoms with Gasteiger partial charge in [-0.15, -0.1) is 0 Å². The largest absolute Gasteiger partial charge is 0.342 e. The van der Waals surface area contributed by atoms with Crippen molar-refractivity contribution in [1.82, 2.24) is 9.97 Å². The molecule has 0 amide bonds. The van der Waals surface area contributed by atoms with Crippen LogP contribution >= 0.6 is 44.1 Å². The Labute approximate surface area is 116 Å². The van der Waals surface area contributed by atoms with Gasteiger partial charge in [0.05, 0.1) is 5.52 Å². The first-order valence-corrected chi connectivity index (χ1v) is 6.87. The SMILES string of the molecule is CC(C)c1nc(=S)c2cc(Br)cc(Br)c2[nH]1. The van der Waals surface area contributed by atoms with Crippen LogP contribution in [-0.4, -0.2) is 9.97 Å². The van der Waals surface area contributed by atoms with Crippen LogP contribution in [0, 0.1) is 4.64 Å². The first-order valence-electron chi connectivity index (χ1n) is 4.88. The van der Waals surface area contributed by atoms with Crippen LogP contribution in [-0.2, 0) is 0 Å². The van der Waals surface area contributed by atoms with Crippen LogP contribution in [0.25, 0.3) is 10.9 Å². The molecule has 1 N–H and O–H groups in total. The molecule has 0 aliphatic rings. The fourth-order valence-electron chi connectivity index (χ4n) is 1.47. The Kier molecular flexibility index (Phi) is 3.47. The molecule has 0 spiro atoms. The third-order valence-corrected chi connectivity index (χ3v) is 3.70. The molecule has 0 atom stereocenters.